The number of hydrogen-bond acceptors (Lipinski definition) is 3. The van der Waals surface area contributed by atoms with Gasteiger partial charge in [-0.05, 0) is 65.7 Å². The molecule has 262 valence electrons. The first kappa shape index (κ1) is 31.9. The van der Waals surface area contributed by atoms with Gasteiger partial charge in [0.05, 0.1) is 22.1 Å². The summed E-state index contributed by atoms with van der Waals surface area (Å²) in [6.45, 7) is 0. The van der Waals surface area contributed by atoms with E-state index in [2.05, 4.69) is 149 Å². The molecule has 0 N–H and O–H groups in total. The van der Waals surface area contributed by atoms with Crippen LogP contribution in [-0.2, 0) is 0 Å². The summed E-state index contributed by atoms with van der Waals surface area (Å²) < 4.78 is 4.80. The molecule has 0 saturated carbocycles. The van der Waals surface area contributed by atoms with E-state index < -0.39 is 0 Å². The highest BCUT2D eigenvalue weighted by atomic mass is 15.0. The fourth-order valence-corrected chi connectivity index (χ4v) is 8.17. The van der Waals surface area contributed by atoms with Gasteiger partial charge in [-0.15, -0.1) is 0 Å². The first-order valence-electron chi connectivity index (χ1n) is 18.9. The lowest BCUT2D eigenvalue weighted by Crippen LogP contribution is -2.02. The average molecular weight is 716 g/mol. The van der Waals surface area contributed by atoms with E-state index in [-0.39, 0.29) is 0 Å². The number of fused-ring (bicyclic) bond motifs is 6. The molecular formula is C51H33N5. The standard InChI is InChI=1S/C51H33N5/c1-5-17-34(18-6-1)37-29-38(51-53-49(35-19-7-2-8-20-35)52-50(54-51)36-21-9-3-10-22-36)31-40(30-37)56-46-28-16-14-26-42(46)44-32-43-41-25-13-15-27-45(41)55(47(43)33-48(44)56)39-23-11-4-12-24-39/h1-33H. The van der Waals surface area contributed by atoms with Gasteiger partial charge in [0.1, 0.15) is 0 Å². The Kier molecular flexibility index (Phi) is 7.42. The van der Waals surface area contributed by atoms with Gasteiger partial charge in [0.2, 0.25) is 0 Å². The molecule has 5 nitrogen and oxygen atoms in total. The summed E-state index contributed by atoms with van der Waals surface area (Å²) in [5, 5.41) is 4.86. The van der Waals surface area contributed by atoms with Gasteiger partial charge >= 0.3 is 0 Å². The maximum Gasteiger partial charge on any atom is 0.164 e. The summed E-state index contributed by atoms with van der Waals surface area (Å²) in [7, 11) is 0. The van der Waals surface area contributed by atoms with Gasteiger partial charge in [0.25, 0.3) is 0 Å². The van der Waals surface area contributed by atoms with Crippen molar-refractivity contribution >= 4 is 43.6 Å². The molecule has 11 aromatic rings. The molecule has 0 fully saturated rings. The third kappa shape index (κ3) is 5.29. The number of benzene rings is 8. The van der Waals surface area contributed by atoms with E-state index in [4.69, 9.17) is 15.0 Å². The van der Waals surface area contributed by atoms with E-state index in [1.54, 1.807) is 0 Å². The van der Waals surface area contributed by atoms with Crippen molar-refractivity contribution in [2.24, 2.45) is 0 Å². The Labute approximate surface area is 323 Å². The molecule has 0 bridgehead atoms. The monoisotopic (exact) mass is 715 g/mol. The van der Waals surface area contributed by atoms with Crippen molar-refractivity contribution in [3.8, 4) is 56.7 Å². The topological polar surface area (TPSA) is 48.5 Å². The molecule has 0 radical (unpaired) electrons. The third-order valence-corrected chi connectivity index (χ3v) is 10.7. The van der Waals surface area contributed by atoms with Gasteiger partial charge in [0.15, 0.2) is 17.5 Å². The molecule has 0 saturated heterocycles. The molecular weight excluding hydrogens is 683 g/mol. The fourth-order valence-electron chi connectivity index (χ4n) is 8.17. The van der Waals surface area contributed by atoms with Crippen LogP contribution in [0.15, 0.2) is 200 Å². The number of aromatic nitrogens is 5. The van der Waals surface area contributed by atoms with Gasteiger partial charge in [-0.2, -0.15) is 0 Å². The SMILES string of the molecule is c1ccc(-c2cc(-c3nc(-c4ccccc4)nc(-c4ccccc4)n3)cc(-n3c4ccccc4c4cc5c6ccccc6n(-c6ccccc6)c5cc43)c2)cc1. The highest BCUT2D eigenvalue weighted by Crippen LogP contribution is 2.41. The van der Waals surface area contributed by atoms with E-state index in [9.17, 15) is 0 Å². The molecule has 0 unspecified atom stereocenters. The second-order valence-corrected chi connectivity index (χ2v) is 14.1. The first-order chi connectivity index (χ1) is 27.8. The lowest BCUT2D eigenvalue weighted by molar-refractivity contribution is 1.07. The molecule has 8 aromatic carbocycles. The van der Waals surface area contributed by atoms with Crippen LogP contribution < -0.4 is 0 Å². The van der Waals surface area contributed by atoms with Crippen LogP contribution in [0, 0.1) is 0 Å². The number of rotatable bonds is 6. The van der Waals surface area contributed by atoms with Gasteiger partial charge in [0, 0.05) is 49.6 Å². The van der Waals surface area contributed by atoms with Crippen LogP contribution in [0.5, 0.6) is 0 Å². The molecule has 0 aliphatic carbocycles. The molecule has 0 amide bonds. The maximum atomic E-state index is 5.16. The minimum atomic E-state index is 0.615. The average Bonchev–Trinajstić information content (AvgIpc) is 3.78. The normalized spacial score (nSPS) is 11.6. The highest BCUT2D eigenvalue weighted by Gasteiger charge is 2.20. The molecule has 3 aromatic heterocycles. The maximum absolute atomic E-state index is 5.16. The van der Waals surface area contributed by atoms with Gasteiger partial charge in [-0.25, -0.2) is 15.0 Å². The van der Waals surface area contributed by atoms with E-state index in [0.29, 0.717) is 17.5 Å². The zero-order chi connectivity index (χ0) is 37.0. The van der Waals surface area contributed by atoms with E-state index in [1.165, 1.54) is 27.1 Å². The van der Waals surface area contributed by atoms with Crippen molar-refractivity contribution in [1.29, 1.82) is 0 Å². The van der Waals surface area contributed by atoms with Crippen molar-refractivity contribution in [1.82, 2.24) is 24.1 Å². The number of nitrogens with zero attached hydrogens (tertiary/aromatic N) is 5. The second kappa shape index (κ2) is 13.0. The van der Waals surface area contributed by atoms with Crippen LogP contribution in [0.25, 0.3) is 100 Å². The molecule has 0 atom stereocenters. The van der Waals surface area contributed by atoms with Gasteiger partial charge < -0.3 is 9.13 Å². The van der Waals surface area contributed by atoms with Crippen LogP contribution in [0.2, 0.25) is 0 Å². The van der Waals surface area contributed by atoms with Gasteiger partial charge in [-0.3, -0.25) is 0 Å². The predicted molar refractivity (Wildman–Crippen MR) is 230 cm³/mol. The Morgan fingerprint density at radius 1 is 0.250 bits per heavy atom. The molecule has 0 aliphatic rings. The minimum absolute atomic E-state index is 0.615. The first-order valence-corrected chi connectivity index (χ1v) is 18.9. The third-order valence-electron chi connectivity index (χ3n) is 10.7. The number of hydrogen-bond donors (Lipinski definition) is 0. The van der Waals surface area contributed by atoms with Crippen molar-refractivity contribution in [3.05, 3.63) is 200 Å². The summed E-state index contributed by atoms with van der Waals surface area (Å²) in [6, 6.07) is 70.4. The smallest absolute Gasteiger partial charge is 0.164 e. The predicted octanol–water partition coefficient (Wildman–Crippen LogP) is 12.7. The molecule has 56 heavy (non-hydrogen) atoms. The lowest BCUT2D eigenvalue weighted by Gasteiger charge is -2.15. The molecule has 0 spiro atoms. The Balaban J connectivity index is 1.22. The summed E-state index contributed by atoms with van der Waals surface area (Å²) in [5.41, 5.74) is 11.7. The minimum Gasteiger partial charge on any atom is -0.309 e. The van der Waals surface area contributed by atoms with Crippen molar-refractivity contribution in [2.45, 2.75) is 0 Å². The summed E-state index contributed by atoms with van der Waals surface area (Å²) in [4.78, 5) is 15.3. The molecule has 11 rings (SSSR count). The molecule has 3 heterocycles. The fraction of sp³-hybridized carbons (Fsp3) is 0. The van der Waals surface area contributed by atoms with Crippen LogP contribution in [0.4, 0.5) is 0 Å². The second-order valence-electron chi connectivity index (χ2n) is 14.1. The molecule has 0 aliphatic heterocycles. The van der Waals surface area contributed by atoms with Crippen molar-refractivity contribution in [2.75, 3.05) is 0 Å². The quantitative estimate of drug-likeness (QED) is 0.172. The zero-order valence-corrected chi connectivity index (χ0v) is 30.3. The van der Waals surface area contributed by atoms with Crippen LogP contribution in [-0.4, -0.2) is 24.1 Å². The zero-order valence-electron chi connectivity index (χ0n) is 30.3. The Morgan fingerprint density at radius 2 is 0.661 bits per heavy atom. The van der Waals surface area contributed by atoms with Crippen LogP contribution in [0.1, 0.15) is 0 Å². The Morgan fingerprint density at radius 3 is 1.20 bits per heavy atom. The Bertz CT molecular complexity index is 3160. The largest absolute Gasteiger partial charge is 0.309 e. The van der Waals surface area contributed by atoms with Crippen molar-refractivity contribution in [3.63, 3.8) is 0 Å². The number of para-hydroxylation sites is 3. The summed E-state index contributed by atoms with van der Waals surface area (Å²) >= 11 is 0. The van der Waals surface area contributed by atoms with Crippen molar-refractivity contribution < 1.29 is 0 Å². The van der Waals surface area contributed by atoms with Crippen LogP contribution >= 0.6 is 0 Å². The summed E-state index contributed by atoms with van der Waals surface area (Å²) in [5.74, 6) is 1.88. The van der Waals surface area contributed by atoms with E-state index in [0.717, 1.165) is 55.7 Å². The lowest BCUT2D eigenvalue weighted by atomic mass is 10.0. The Hall–Kier alpha value is -7.63. The van der Waals surface area contributed by atoms with Crippen LogP contribution in [0.3, 0.4) is 0 Å². The van der Waals surface area contributed by atoms with E-state index in [1.807, 2.05) is 60.7 Å². The summed E-state index contributed by atoms with van der Waals surface area (Å²) in [6.07, 6.45) is 0. The highest BCUT2D eigenvalue weighted by molar-refractivity contribution is 6.19. The molecule has 5 heteroatoms. The van der Waals surface area contributed by atoms with Gasteiger partial charge in [-0.1, -0.05) is 146 Å². The van der Waals surface area contributed by atoms with E-state index >= 15 is 0 Å².